The summed E-state index contributed by atoms with van der Waals surface area (Å²) in [5.41, 5.74) is 0. The summed E-state index contributed by atoms with van der Waals surface area (Å²) in [6.07, 6.45) is 2.40. The lowest BCUT2D eigenvalue weighted by molar-refractivity contribution is -0.391. The number of hydrogen-bond donors (Lipinski definition) is 0. The Balaban J connectivity index is 2.34. The zero-order valence-electron chi connectivity index (χ0n) is 9.92. The predicted molar refractivity (Wildman–Crippen MR) is 65.0 cm³/mol. The van der Waals surface area contributed by atoms with Gasteiger partial charge >= 0.3 is 5.82 Å². The Kier molecular flexibility index (Phi) is 3.30. The van der Waals surface area contributed by atoms with Crippen molar-refractivity contribution in [1.82, 2.24) is 14.5 Å². The fourth-order valence-corrected chi connectivity index (χ4v) is 2.78. The van der Waals surface area contributed by atoms with Gasteiger partial charge in [0, 0.05) is 6.20 Å². The Morgan fingerprint density at radius 2 is 2.11 bits per heavy atom. The normalized spacial score (nSPS) is 11.4. The quantitative estimate of drug-likeness (QED) is 0.603. The van der Waals surface area contributed by atoms with Gasteiger partial charge in [0.25, 0.3) is 0 Å². The standard InChI is InChI=1S/C10H10N4O4S/c1-13-8(12-6-10(13)14(15)16)7-19(17,18)9-4-2-3-5-11-9/h2-6H,7H2,1H3. The molecule has 0 aliphatic heterocycles. The summed E-state index contributed by atoms with van der Waals surface area (Å²) in [6.45, 7) is 0. The lowest BCUT2D eigenvalue weighted by Crippen LogP contribution is -2.11. The second kappa shape index (κ2) is 4.76. The number of rotatable bonds is 4. The van der Waals surface area contributed by atoms with Crippen molar-refractivity contribution in [2.75, 3.05) is 0 Å². The molecule has 0 unspecified atom stereocenters. The molecule has 2 aromatic rings. The number of hydrogen-bond acceptors (Lipinski definition) is 6. The molecule has 0 atom stereocenters. The fraction of sp³-hybridized carbons (Fsp3) is 0.200. The van der Waals surface area contributed by atoms with Gasteiger partial charge in [-0.15, -0.1) is 0 Å². The van der Waals surface area contributed by atoms with E-state index in [0.717, 1.165) is 10.8 Å². The van der Waals surface area contributed by atoms with Crippen molar-refractivity contribution in [3.8, 4) is 0 Å². The molecular weight excluding hydrogens is 272 g/mol. The zero-order valence-corrected chi connectivity index (χ0v) is 10.7. The molecule has 8 nitrogen and oxygen atoms in total. The molecular formula is C10H10N4O4S. The minimum atomic E-state index is -3.67. The van der Waals surface area contributed by atoms with Crippen LogP contribution in [0.3, 0.4) is 0 Å². The van der Waals surface area contributed by atoms with Crippen molar-refractivity contribution >= 4 is 15.7 Å². The summed E-state index contributed by atoms with van der Waals surface area (Å²) >= 11 is 0. The van der Waals surface area contributed by atoms with Crippen molar-refractivity contribution in [3.63, 3.8) is 0 Å². The van der Waals surface area contributed by atoms with E-state index in [1.165, 1.54) is 19.3 Å². The van der Waals surface area contributed by atoms with Gasteiger partial charge in [-0.1, -0.05) is 6.07 Å². The summed E-state index contributed by atoms with van der Waals surface area (Å²) in [5.74, 6) is -0.600. The van der Waals surface area contributed by atoms with Gasteiger partial charge in [0.05, 0.1) is 7.05 Å². The highest BCUT2D eigenvalue weighted by atomic mass is 32.2. The van der Waals surface area contributed by atoms with Gasteiger partial charge in [0.15, 0.2) is 5.03 Å². The highest BCUT2D eigenvalue weighted by Crippen LogP contribution is 2.17. The number of aromatic nitrogens is 3. The smallest absolute Gasteiger partial charge is 0.342 e. The average molecular weight is 282 g/mol. The van der Waals surface area contributed by atoms with Crippen LogP contribution in [0.5, 0.6) is 0 Å². The van der Waals surface area contributed by atoms with Crippen LogP contribution in [0, 0.1) is 10.1 Å². The third-order valence-electron chi connectivity index (χ3n) is 2.52. The minimum Gasteiger partial charge on any atom is -0.358 e. The summed E-state index contributed by atoms with van der Waals surface area (Å²) in [4.78, 5) is 17.6. The average Bonchev–Trinajstić information content (AvgIpc) is 2.72. The van der Waals surface area contributed by atoms with E-state index in [2.05, 4.69) is 9.97 Å². The molecule has 2 rings (SSSR count). The fourth-order valence-electron chi connectivity index (χ4n) is 1.52. The first-order valence-electron chi connectivity index (χ1n) is 5.20. The molecule has 0 aromatic carbocycles. The van der Waals surface area contributed by atoms with Crippen molar-refractivity contribution in [3.05, 3.63) is 46.5 Å². The second-order valence-corrected chi connectivity index (χ2v) is 5.71. The molecule has 19 heavy (non-hydrogen) atoms. The number of nitrogens with zero attached hydrogens (tertiary/aromatic N) is 4. The number of imidazole rings is 1. The van der Waals surface area contributed by atoms with Crippen LogP contribution in [-0.2, 0) is 22.6 Å². The Morgan fingerprint density at radius 3 is 2.63 bits per heavy atom. The van der Waals surface area contributed by atoms with E-state index in [-0.39, 0.29) is 16.7 Å². The van der Waals surface area contributed by atoms with Gasteiger partial charge in [-0.3, -0.25) is 0 Å². The Morgan fingerprint density at radius 1 is 1.37 bits per heavy atom. The van der Waals surface area contributed by atoms with E-state index in [9.17, 15) is 18.5 Å². The van der Waals surface area contributed by atoms with Gasteiger partial charge in [-0.2, -0.15) is 0 Å². The molecule has 0 fully saturated rings. The molecule has 0 aliphatic carbocycles. The molecule has 0 amide bonds. The van der Waals surface area contributed by atoms with Gasteiger partial charge in [-0.25, -0.2) is 23.0 Å². The lowest BCUT2D eigenvalue weighted by Gasteiger charge is -2.01. The first kappa shape index (κ1) is 13.1. The third kappa shape index (κ3) is 2.60. The molecule has 0 N–H and O–H groups in total. The van der Waals surface area contributed by atoms with Gasteiger partial charge in [-0.05, 0) is 17.1 Å². The minimum absolute atomic E-state index is 0.0827. The summed E-state index contributed by atoms with van der Waals surface area (Å²) in [6, 6.07) is 4.53. The maximum atomic E-state index is 12.0. The van der Waals surface area contributed by atoms with E-state index in [0.29, 0.717) is 0 Å². The first-order valence-corrected chi connectivity index (χ1v) is 6.86. The molecule has 0 aliphatic rings. The van der Waals surface area contributed by atoms with Gasteiger partial charge < -0.3 is 10.1 Å². The topological polar surface area (TPSA) is 108 Å². The molecule has 0 saturated carbocycles. The molecule has 2 aromatic heterocycles. The Labute approximate surface area is 108 Å². The largest absolute Gasteiger partial charge is 0.358 e. The van der Waals surface area contributed by atoms with E-state index >= 15 is 0 Å². The van der Waals surface area contributed by atoms with Crippen molar-refractivity contribution < 1.29 is 13.3 Å². The van der Waals surface area contributed by atoms with Gasteiger partial charge in [0.1, 0.15) is 11.9 Å². The van der Waals surface area contributed by atoms with Crippen LogP contribution in [0.2, 0.25) is 0 Å². The summed E-state index contributed by atoms with van der Waals surface area (Å²) < 4.78 is 25.2. The highest BCUT2D eigenvalue weighted by molar-refractivity contribution is 7.90. The number of sulfone groups is 1. The first-order chi connectivity index (χ1) is 8.92. The molecule has 0 radical (unpaired) electrons. The van der Waals surface area contributed by atoms with Crippen molar-refractivity contribution in [2.24, 2.45) is 7.05 Å². The maximum absolute atomic E-state index is 12.0. The van der Waals surface area contributed by atoms with Crippen LogP contribution in [0.4, 0.5) is 5.82 Å². The Bertz CT molecular complexity index is 708. The van der Waals surface area contributed by atoms with E-state index in [1.807, 2.05) is 0 Å². The molecule has 100 valence electrons. The summed E-state index contributed by atoms with van der Waals surface area (Å²) in [5, 5.41) is 10.6. The van der Waals surface area contributed by atoms with Crippen LogP contribution >= 0.6 is 0 Å². The van der Waals surface area contributed by atoms with E-state index < -0.39 is 20.5 Å². The molecule has 0 saturated heterocycles. The number of nitro groups is 1. The highest BCUT2D eigenvalue weighted by Gasteiger charge is 2.24. The zero-order chi connectivity index (χ0) is 14.0. The Hall–Kier alpha value is -2.29. The second-order valence-electron chi connectivity index (χ2n) is 3.78. The maximum Gasteiger partial charge on any atom is 0.342 e. The SMILES string of the molecule is Cn1c([N+](=O)[O-])cnc1CS(=O)(=O)c1ccccn1. The molecule has 9 heteroatoms. The van der Waals surface area contributed by atoms with Crippen molar-refractivity contribution in [1.29, 1.82) is 0 Å². The van der Waals surface area contributed by atoms with E-state index in [4.69, 9.17) is 0 Å². The van der Waals surface area contributed by atoms with E-state index in [1.54, 1.807) is 12.1 Å². The van der Waals surface area contributed by atoms with Crippen LogP contribution in [0.1, 0.15) is 5.82 Å². The van der Waals surface area contributed by atoms with Crippen LogP contribution in [-0.4, -0.2) is 27.9 Å². The van der Waals surface area contributed by atoms with Crippen LogP contribution < -0.4 is 0 Å². The molecule has 0 bridgehead atoms. The van der Waals surface area contributed by atoms with Gasteiger partial charge in [0.2, 0.25) is 15.7 Å². The summed E-state index contributed by atoms with van der Waals surface area (Å²) in [7, 11) is -2.27. The van der Waals surface area contributed by atoms with Crippen molar-refractivity contribution in [2.45, 2.75) is 10.8 Å². The number of pyridine rings is 1. The molecule has 0 spiro atoms. The van der Waals surface area contributed by atoms with Crippen LogP contribution in [0.25, 0.3) is 0 Å². The molecule has 2 heterocycles. The predicted octanol–water partition coefficient (Wildman–Crippen LogP) is 0.697. The monoisotopic (exact) mass is 282 g/mol. The lowest BCUT2D eigenvalue weighted by atomic mass is 10.5. The third-order valence-corrected chi connectivity index (χ3v) is 4.04. The van der Waals surface area contributed by atoms with Crippen LogP contribution in [0.15, 0.2) is 35.6 Å².